The molecule has 2 saturated heterocycles. The molecule has 0 atom stereocenters. The molecule has 142 valence electrons. The molecule has 0 spiro atoms. The summed E-state index contributed by atoms with van der Waals surface area (Å²) in [4.78, 5) is 29.6. The molecule has 2 amide bonds. The molecule has 0 aromatic carbocycles. The van der Waals surface area contributed by atoms with Crippen LogP contribution in [0.2, 0.25) is 0 Å². The normalized spacial score (nSPS) is 18.7. The van der Waals surface area contributed by atoms with Crippen LogP contribution in [0.4, 0.5) is 5.82 Å². The van der Waals surface area contributed by atoms with Crippen molar-refractivity contribution in [1.29, 1.82) is 0 Å². The van der Waals surface area contributed by atoms with Gasteiger partial charge in [0, 0.05) is 59.3 Å². The van der Waals surface area contributed by atoms with Crippen molar-refractivity contribution < 1.29 is 14.3 Å². The quantitative estimate of drug-likeness (QED) is 0.757. The van der Waals surface area contributed by atoms with Crippen molar-refractivity contribution in [2.24, 2.45) is 0 Å². The zero-order valence-corrected chi connectivity index (χ0v) is 15.2. The number of hydrogen-bond donors (Lipinski definition) is 1. The first-order chi connectivity index (χ1) is 12.6. The van der Waals surface area contributed by atoms with Crippen LogP contribution in [-0.4, -0.2) is 102 Å². The molecule has 0 unspecified atom stereocenters. The van der Waals surface area contributed by atoms with E-state index in [9.17, 15) is 9.59 Å². The second kappa shape index (κ2) is 8.91. The van der Waals surface area contributed by atoms with Crippen LogP contribution in [0, 0.1) is 0 Å². The molecule has 2 aliphatic rings. The van der Waals surface area contributed by atoms with Crippen LogP contribution >= 0.6 is 0 Å². The van der Waals surface area contributed by atoms with Crippen LogP contribution in [-0.2, 0) is 9.53 Å². The van der Waals surface area contributed by atoms with Gasteiger partial charge < -0.3 is 19.9 Å². The highest BCUT2D eigenvalue weighted by molar-refractivity contribution is 5.92. The number of morpholine rings is 1. The monoisotopic (exact) mass is 362 g/mol. The van der Waals surface area contributed by atoms with Crippen LogP contribution < -0.4 is 5.32 Å². The standard InChI is InChI=1S/C17H26N6O3/c1-14(24)22-6-8-23(9-7-22)17(25)15-2-3-16(20-19-15)18-4-5-21-10-12-26-13-11-21/h2-3H,4-13H2,1H3,(H,18,20). The van der Waals surface area contributed by atoms with Gasteiger partial charge in [-0.3, -0.25) is 14.5 Å². The zero-order valence-electron chi connectivity index (χ0n) is 15.2. The van der Waals surface area contributed by atoms with Crippen LogP contribution in [0.25, 0.3) is 0 Å². The Labute approximate surface area is 153 Å². The molecule has 9 nitrogen and oxygen atoms in total. The summed E-state index contributed by atoms with van der Waals surface area (Å²) in [5, 5.41) is 11.4. The van der Waals surface area contributed by atoms with E-state index in [0.717, 1.165) is 39.4 Å². The van der Waals surface area contributed by atoms with Gasteiger partial charge in [0.15, 0.2) is 5.69 Å². The number of anilines is 1. The summed E-state index contributed by atoms with van der Waals surface area (Å²) in [7, 11) is 0. The van der Waals surface area contributed by atoms with E-state index < -0.39 is 0 Å². The lowest BCUT2D eigenvalue weighted by Crippen LogP contribution is -2.50. The van der Waals surface area contributed by atoms with Gasteiger partial charge in [0.2, 0.25) is 5.91 Å². The molecule has 3 heterocycles. The number of ether oxygens (including phenoxy) is 1. The summed E-state index contributed by atoms with van der Waals surface area (Å²) in [6.07, 6.45) is 0. The van der Waals surface area contributed by atoms with Crippen molar-refractivity contribution in [3.8, 4) is 0 Å². The minimum absolute atomic E-state index is 0.0457. The highest BCUT2D eigenvalue weighted by atomic mass is 16.5. The molecule has 1 N–H and O–H groups in total. The van der Waals surface area contributed by atoms with Gasteiger partial charge in [-0.25, -0.2) is 0 Å². The Morgan fingerprint density at radius 2 is 1.73 bits per heavy atom. The average Bonchev–Trinajstić information content (AvgIpc) is 2.69. The average molecular weight is 362 g/mol. The Kier molecular flexibility index (Phi) is 6.35. The Bertz CT molecular complexity index is 609. The Hall–Kier alpha value is -2.26. The highest BCUT2D eigenvalue weighted by Crippen LogP contribution is 2.09. The lowest BCUT2D eigenvalue weighted by atomic mass is 10.2. The van der Waals surface area contributed by atoms with E-state index in [1.807, 2.05) is 0 Å². The van der Waals surface area contributed by atoms with E-state index in [1.165, 1.54) is 0 Å². The van der Waals surface area contributed by atoms with Crippen molar-refractivity contribution >= 4 is 17.6 Å². The maximum atomic E-state index is 12.5. The third-order valence-electron chi connectivity index (χ3n) is 4.73. The summed E-state index contributed by atoms with van der Waals surface area (Å²) in [5.41, 5.74) is 0.333. The first kappa shape index (κ1) is 18.5. The largest absolute Gasteiger partial charge is 0.379 e. The topological polar surface area (TPSA) is 90.9 Å². The van der Waals surface area contributed by atoms with Gasteiger partial charge in [-0.15, -0.1) is 10.2 Å². The first-order valence-corrected chi connectivity index (χ1v) is 9.06. The number of carbonyl (C=O) groups is 2. The van der Waals surface area contributed by atoms with Gasteiger partial charge in [0.05, 0.1) is 13.2 Å². The molecule has 26 heavy (non-hydrogen) atoms. The van der Waals surface area contributed by atoms with Crippen molar-refractivity contribution in [2.45, 2.75) is 6.92 Å². The SMILES string of the molecule is CC(=O)N1CCN(C(=O)c2ccc(NCCN3CCOCC3)nn2)CC1. The molecule has 3 rings (SSSR count). The van der Waals surface area contributed by atoms with E-state index in [1.54, 1.807) is 28.9 Å². The predicted molar refractivity (Wildman–Crippen MR) is 95.9 cm³/mol. The zero-order chi connectivity index (χ0) is 18.4. The second-order valence-corrected chi connectivity index (χ2v) is 6.48. The molecule has 9 heteroatoms. The first-order valence-electron chi connectivity index (χ1n) is 9.06. The summed E-state index contributed by atoms with van der Waals surface area (Å²) >= 11 is 0. The minimum Gasteiger partial charge on any atom is -0.379 e. The fourth-order valence-corrected chi connectivity index (χ4v) is 3.09. The summed E-state index contributed by atoms with van der Waals surface area (Å²) < 4.78 is 5.33. The van der Waals surface area contributed by atoms with E-state index in [2.05, 4.69) is 20.4 Å². The van der Waals surface area contributed by atoms with E-state index in [4.69, 9.17) is 4.74 Å². The summed E-state index contributed by atoms with van der Waals surface area (Å²) in [6, 6.07) is 3.48. The van der Waals surface area contributed by atoms with Gasteiger partial charge in [-0.1, -0.05) is 0 Å². The number of nitrogens with one attached hydrogen (secondary N) is 1. The smallest absolute Gasteiger partial charge is 0.274 e. The molecule has 0 radical (unpaired) electrons. The Balaban J connectivity index is 1.44. The van der Waals surface area contributed by atoms with Gasteiger partial charge in [-0.2, -0.15) is 0 Å². The maximum Gasteiger partial charge on any atom is 0.274 e. The highest BCUT2D eigenvalue weighted by Gasteiger charge is 2.24. The van der Waals surface area contributed by atoms with Crippen LogP contribution in [0.15, 0.2) is 12.1 Å². The summed E-state index contributed by atoms with van der Waals surface area (Å²) in [5.74, 6) is 0.571. The van der Waals surface area contributed by atoms with Crippen molar-refractivity contribution in [1.82, 2.24) is 24.9 Å². The maximum absolute atomic E-state index is 12.5. The van der Waals surface area contributed by atoms with Crippen molar-refractivity contribution in [3.05, 3.63) is 17.8 Å². The van der Waals surface area contributed by atoms with Crippen LogP contribution in [0.3, 0.4) is 0 Å². The van der Waals surface area contributed by atoms with Crippen molar-refractivity contribution in [3.63, 3.8) is 0 Å². The van der Waals surface area contributed by atoms with Crippen LogP contribution in [0.1, 0.15) is 17.4 Å². The molecule has 1 aromatic heterocycles. The molecule has 0 saturated carbocycles. The van der Waals surface area contributed by atoms with Gasteiger partial charge in [0.25, 0.3) is 5.91 Å². The molecule has 0 bridgehead atoms. The lowest BCUT2D eigenvalue weighted by Gasteiger charge is -2.33. The molecular weight excluding hydrogens is 336 g/mol. The Morgan fingerprint density at radius 3 is 2.35 bits per heavy atom. The fourth-order valence-electron chi connectivity index (χ4n) is 3.09. The number of amides is 2. The van der Waals surface area contributed by atoms with Gasteiger partial charge in [-0.05, 0) is 12.1 Å². The number of rotatable bonds is 5. The van der Waals surface area contributed by atoms with E-state index in [0.29, 0.717) is 37.7 Å². The molecule has 1 aromatic rings. The molecule has 2 aliphatic heterocycles. The van der Waals surface area contributed by atoms with Gasteiger partial charge in [0.1, 0.15) is 5.82 Å². The molecule has 0 aliphatic carbocycles. The third kappa shape index (κ3) is 4.89. The number of hydrogen-bond acceptors (Lipinski definition) is 7. The Morgan fingerprint density at radius 1 is 1.04 bits per heavy atom. The number of aromatic nitrogens is 2. The number of carbonyl (C=O) groups excluding carboxylic acids is 2. The second-order valence-electron chi connectivity index (χ2n) is 6.48. The third-order valence-corrected chi connectivity index (χ3v) is 4.73. The molecule has 2 fully saturated rings. The summed E-state index contributed by atoms with van der Waals surface area (Å²) in [6.45, 7) is 8.92. The van der Waals surface area contributed by atoms with Crippen molar-refractivity contribution in [2.75, 3.05) is 70.9 Å². The lowest BCUT2D eigenvalue weighted by molar-refractivity contribution is -0.130. The fraction of sp³-hybridized carbons (Fsp3) is 0.647. The van der Waals surface area contributed by atoms with E-state index in [-0.39, 0.29) is 11.8 Å². The predicted octanol–water partition coefficient (Wildman–Crippen LogP) is -0.475. The van der Waals surface area contributed by atoms with Gasteiger partial charge >= 0.3 is 0 Å². The van der Waals surface area contributed by atoms with Crippen LogP contribution in [0.5, 0.6) is 0 Å². The van der Waals surface area contributed by atoms with E-state index >= 15 is 0 Å². The molecular formula is C17H26N6O3. The number of nitrogens with zero attached hydrogens (tertiary/aromatic N) is 5. The number of piperazine rings is 1. The minimum atomic E-state index is -0.138.